The molecule has 0 bridgehead atoms. The van der Waals surface area contributed by atoms with Crippen molar-refractivity contribution < 1.29 is 5.11 Å². The summed E-state index contributed by atoms with van der Waals surface area (Å²) >= 11 is 5.68. The van der Waals surface area contributed by atoms with Gasteiger partial charge in [0.05, 0.1) is 6.61 Å². The average molecular weight is 185 g/mol. The lowest BCUT2D eigenvalue weighted by molar-refractivity contribution is 0.274. The smallest absolute Gasteiger partial charge is 0.0511 e. The number of aliphatic hydroxyl groups is 1. The summed E-state index contributed by atoms with van der Waals surface area (Å²) in [7, 11) is 0. The molecule has 0 fully saturated rings. The summed E-state index contributed by atoms with van der Waals surface area (Å²) in [5.41, 5.74) is 2.34. The predicted molar refractivity (Wildman–Crippen MR) is 51.7 cm³/mol. The second-order valence-electron chi connectivity index (χ2n) is 2.94. The zero-order chi connectivity index (χ0) is 8.97. The van der Waals surface area contributed by atoms with E-state index in [0.717, 1.165) is 5.56 Å². The second kappa shape index (κ2) is 4.48. The molecule has 1 rings (SSSR count). The van der Waals surface area contributed by atoms with E-state index in [1.807, 2.05) is 31.2 Å². The molecule has 0 spiro atoms. The number of hydrogen-bond donors (Lipinski definition) is 1. The normalized spacial score (nSPS) is 12.9. The summed E-state index contributed by atoms with van der Waals surface area (Å²) in [5.74, 6) is 0.548. The fraction of sp³-hybridized carbons (Fsp3) is 0.400. The molecule has 1 N–H and O–H groups in total. The minimum atomic E-state index is 0.0762. The molecule has 1 atom stereocenters. The Balaban J connectivity index is 2.80. The van der Waals surface area contributed by atoms with Crippen molar-refractivity contribution in [1.29, 1.82) is 0 Å². The van der Waals surface area contributed by atoms with Crippen LogP contribution in [0.3, 0.4) is 0 Å². The predicted octanol–water partition coefficient (Wildman–Crippen LogP) is 2.31. The lowest BCUT2D eigenvalue weighted by Gasteiger charge is -2.10. The lowest BCUT2D eigenvalue weighted by Crippen LogP contribution is -2.05. The monoisotopic (exact) mass is 184 g/mol. The molecule has 0 heterocycles. The van der Waals surface area contributed by atoms with E-state index in [0.29, 0.717) is 5.88 Å². The molecule has 66 valence electrons. The first kappa shape index (κ1) is 9.56. The first-order valence-electron chi connectivity index (χ1n) is 4.01. The van der Waals surface area contributed by atoms with Crippen LogP contribution in [0.15, 0.2) is 24.3 Å². The van der Waals surface area contributed by atoms with Crippen LogP contribution in [-0.2, 0) is 0 Å². The number of hydrogen-bond acceptors (Lipinski definition) is 1. The molecule has 0 saturated heterocycles. The second-order valence-corrected chi connectivity index (χ2v) is 3.25. The lowest BCUT2D eigenvalue weighted by atomic mass is 10.0. The largest absolute Gasteiger partial charge is 0.396 e. The van der Waals surface area contributed by atoms with Crippen molar-refractivity contribution in [2.75, 3.05) is 12.5 Å². The van der Waals surface area contributed by atoms with Gasteiger partial charge in [0.15, 0.2) is 0 Å². The molecular weight excluding hydrogens is 172 g/mol. The third kappa shape index (κ3) is 2.23. The molecule has 1 aromatic carbocycles. The molecule has 1 nitrogen and oxygen atoms in total. The Labute approximate surface area is 78.0 Å². The number of halogens is 1. The maximum absolute atomic E-state index is 8.96. The van der Waals surface area contributed by atoms with Crippen molar-refractivity contribution in [2.45, 2.75) is 12.8 Å². The van der Waals surface area contributed by atoms with Gasteiger partial charge in [-0.05, 0) is 12.5 Å². The molecule has 0 aromatic heterocycles. The van der Waals surface area contributed by atoms with Crippen molar-refractivity contribution in [2.24, 2.45) is 0 Å². The highest BCUT2D eigenvalue weighted by atomic mass is 35.5. The third-order valence-corrected chi connectivity index (χ3v) is 2.33. The first-order valence-corrected chi connectivity index (χ1v) is 4.54. The Hall–Kier alpha value is -0.530. The van der Waals surface area contributed by atoms with E-state index in [4.69, 9.17) is 16.7 Å². The minimum absolute atomic E-state index is 0.0762. The minimum Gasteiger partial charge on any atom is -0.396 e. The fourth-order valence-electron chi connectivity index (χ4n) is 1.08. The Morgan fingerprint density at radius 2 is 1.92 bits per heavy atom. The summed E-state index contributed by atoms with van der Waals surface area (Å²) in [5, 5.41) is 8.96. The van der Waals surface area contributed by atoms with Gasteiger partial charge in [0.1, 0.15) is 0 Å². The zero-order valence-corrected chi connectivity index (χ0v) is 7.88. The summed E-state index contributed by atoms with van der Waals surface area (Å²) in [6.07, 6.45) is 0. The van der Waals surface area contributed by atoms with Gasteiger partial charge in [0.25, 0.3) is 0 Å². The Kier molecular flexibility index (Phi) is 3.57. The van der Waals surface area contributed by atoms with Crippen LogP contribution in [0.25, 0.3) is 0 Å². The van der Waals surface area contributed by atoms with Gasteiger partial charge in [0, 0.05) is 11.8 Å². The fourth-order valence-corrected chi connectivity index (χ4v) is 1.36. The number of aryl methyl sites for hydroxylation is 1. The Morgan fingerprint density at radius 3 is 2.33 bits per heavy atom. The van der Waals surface area contributed by atoms with Crippen LogP contribution in [0.5, 0.6) is 0 Å². The zero-order valence-electron chi connectivity index (χ0n) is 7.13. The first-order chi connectivity index (χ1) is 5.77. The number of alkyl halides is 1. The number of rotatable bonds is 3. The van der Waals surface area contributed by atoms with Gasteiger partial charge < -0.3 is 5.11 Å². The van der Waals surface area contributed by atoms with E-state index in [1.165, 1.54) is 5.56 Å². The van der Waals surface area contributed by atoms with Crippen molar-refractivity contribution in [3.05, 3.63) is 35.4 Å². The molecule has 1 unspecified atom stereocenters. The van der Waals surface area contributed by atoms with Gasteiger partial charge >= 0.3 is 0 Å². The van der Waals surface area contributed by atoms with E-state index in [9.17, 15) is 0 Å². The van der Waals surface area contributed by atoms with Gasteiger partial charge in [-0.1, -0.05) is 29.8 Å². The standard InChI is InChI=1S/C10H13ClO/c1-8-2-4-9(5-3-8)10(6-11)7-12/h2-5,10,12H,6-7H2,1H3. The van der Waals surface area contributed by atoms with Gasteiger partial charge in [-0.15, -0.1) is 11.6 Å². The summed E-state index contributed by atoms with van der Waals surface area (Å²) in [6, 6.07) is 8.09. The van der Waals surface area contributed by atoms with Crippen molar-refractivity contribution in [3.8, 4) is 0 Å². The average Bonchev–Trinajstić information content (AvgIpc) is 2.10. The van der Waals surface area contributed by atoms with Gasteiger partial charge in [0.2, 0.25) is 0 Å². The van der Waals surface area contributed by atoms with Crippen LogP contribution in [0.2, 0.25) is 0 Å². The molecule has 12 heavy (non-hydrogen) atoms. The maximum atomic E-state index is 8.96. The summed E-state index contributed by atoms with van der Waals surface area (Å²) in [6.45, 7) is 2.16. The molecule has 0 aliphatic rings. The highest BCUT2D eigenvalue weighted by Gasteiger charge is 2.07. The maximum Gasteiger partial charge on any atom is 0.0511 e. The van der Waals surface area contributed by atoms with Crippen LogP contribution >= 0.6 is 11.6 Å². The topological polar surface area (TPSA) is 20.2 Å². The highest BCUT2D eigenvalue weighted by molar-refractivity contribution is 6.18. The quantitative estimate of drug-likeness (QED) is 0.715. The number of benzene rings is 1. The Bertz CT molecular complexity index is 226. The molecule has 0 radical (unpaired) electrons. The van der Waals surface area contributed by atoms with Crippen LogP contribution in [0, 0.1) is 6.92 Å². The van der Waals surface area contributed by atoms with Crippen molar-refractivity contribution >= 4 is 11.6 Å². The molecule has 0 aliphatic heterocycles. The van der Waals surface area contributed by atoms with E-state index in [-0.39, 0.29) is 12.5 Å². The van der Waals surface area contributed by atoms with E-state index >= 15 is 0 Å². The van der Waals surface area contributed by atoms with Crippen molar-refractivity contribution in [3.63, 3.8) is 0 Å². The number of aliphatic hydroxyl groups excluding tert-OH is 1. The molecule has 0 amide bonds. The Morgan fingerprint density at radius 1 is 1.33 bits per heavy atom. The molecule has 2 heteroatoms. The van der Waals surface area contributed by atoms with Crippen LogP contribution in [-0.4, -0.2) is 17.6 Å². The van der Waals surface area contributed by atoms with Gasteiger partial charge in [-0.2, -0.15) is 0 Å². The van der Waals surface area contributed by atoms with Crippen LogP contribution in [0.1, 0.15) is 17.0 Å². The van der Waals surface area contributed by atoms with E-state index in [2.05, 4.69) is 0 Å². The van der Waals surface area contributed by atoms with Gasteiger partial charge in [-0.3, -0.25) is 0 Å². The summed E-state index contributed by atoms with van der Waals surface area (Å²) < 4.78 is 0. The molecule has 0 aliphatic carbocycles. The SMILES string of the molecule is Cc1ccc(C(CO)CCl)cc1. The van der Waals surface area contributed by atoms with Crippen molar-refractivity contribution in [1.82, 2.24) is 0 Å². The van der Waals surface area contributed by atoms with E-state index < -0.39 is 0 Å². The molecular formula is C10H13ClO. The van der Waals surface area contributed by atoms with E-state index in [1.54, 1.807) is 0 Å². The molecule has 0 saturated carbocycles. The van der Waals surface area contributed by atoms with Crippen LogP contribution < -0.4 is 0 Å². The van der Waals surface area contributed by atoms with Crippen LogP contribution in [0.4, 0.5) is 0 Å². The third-order valence-electron chi connectivity index (χ3n) is 1.96. The van der Waals surface area contributed by atoms with Gasteiger partial charge in [-0.25, -0.2) is 0 Å². The summed E-state index contributed by atoms with van der Waals surface area (Å²) in [4.78, 5) is 0. The highest BCUT2D eigenvalue weighted by Crippen LogP contribution is 2.16. The molecule has 1 aromatic rings.